The number of nitrogens with two attached hydrogens (primary N) is 1. The number of para-hydroxylation sites is 1. The molecule has 1 aliphatic heterocycles. The zero-order chi connectivity index (χ0) is 20.4. The number of ether oxygens (including phenoxy) is 2. The number of urea groups is 1. The first-order valence-electron chi connectivity index (χ1n) is 8.71. The highest BCUT2D eigenvalue weighted by Gasteiger charge is 2.23. The largest absolute Gasteiger partial charge is 0.454 e. The summed E-state index contributed by atoms with van der Waals surface area (Å²) in [5.74, 6) is 1.38. The summed E-state index contributed by atoms with van der Waals surface area (Å²) in [6.45, 7) is 1.84. The maximum absolute atomic E-state index is 12.1. The van der Waals surface area contributed by atoms with Crippen molar-refractivity contribution in [3.63, 3.8) is 0 Å². The number of aromatic nitrogens is 3. The number of primary amides is 1. The summed E-state index contributed by atoms with van der Waals surface area (Å²) in [6, 6.07) is 14.2. The normalized spacial score (nSPS) is 13.1. The average Bonchev–Trinajstić information content (AvgIpc) is 3.34. The number of benzene rings is 2. The highest BCUT2D eigenvalue weighted by atomic mass is 32.2. The van der Waals surface area contributed by atoms with Crippen molar-refractivity contribution in [2.75, 3.05) is 6.79 Å². The molecule has 148 valence electrons. The first kappa shape index (κ1) is 18.8. The van der Waals surface area contributed by atoms with Gasteiger partial charge in [-0.3, -0.25) is 14.7 Å². The molecule has 0 aliphatic carbocycles. The van der Waals surface area contributed by atoms with Gasteiger partial charge in [-0.1, -0.05) is 30.0 Å². The maximum atomic E-state index is 12.1. The van der Waals surface area contributed by atoms with Gasteiger partial charge in [-0.15, -0.1) is 10.2 Å². The van der Waals surface area contributed by atoms with Gasteiger partial charge in [-0.25, -0.2) is 4.79 Å². The molecule has 0 radical (unpaired) electrons. The Labute approximate surface area is 170 Å². The van der Waals surface area contributed by atoms with Crippen LogP contribution in [0.25, 0.3) is 17.1 Å². The molecule has 3 aromatic rings. The third kappa shape index (κ3) is 3.87. The Kier molecular flexibility index (Phi) is 5.09. The van der Waals surface area contributed by atoms with Gasteiger partial charge in [-0.05, 0) is 37.3 Å². The average molecular weight is 411 g/mol. The highest BCUT2D eigenvalue weighted by Crippen LogP contribution is 2.37. The number of thioether (sulfide) groups is 1. The number of nitrogens with one attached hydrogen (secondary N) is 1. The van der Waals surface area contributed by atoms with Crippen LogP contribution in [0.3, 0.4) is 0 Å². The van der Waals surface area contributed by atoms with Gasteiger partial charge in [0, 0.05) is 11.3 Å². The molecule has 1 unspecified atom stereocenters. The molecule has 10 heteroatoms. The number of fused-ring (bicyclic) bond motifs is 1. The lowest BCUT2D eigenvalue weighted by Gasteiger charge is -2.13. The van der Waals surface area contributed by atoms with E-state index in [-0.39, 0.29) is 6.79 Å². The minimum atomic E-state index is -0.895. The topological polar surface area (TPSA) is 121 Å². The monoisotopic (exact) mass is 411 g/mol. The van der Waals surface area contributed by atoms with Crippen LogP contribution in [0.5, 0.6) is 11.5 Å². The van der Waals surface area contributed by atoms with Crippen molar-refractivity contribution in [3.05, 3.63) is 48.5 Å². The number of carbonyl (C=O) groups is 2. The quantitative estimate of drug-likeness (QED) is 0.618. The molecule has 0 saturated heterocycles. The van der Waals surface area contributed by atoms with Crippen LogP contribution < -0.4 is 20.5 Å². The Morgan fingerprint density at radius 3 is 2.66 bits per heavy atom. The number of carbonyl (C=O) groups excluding carboxylic acids is 2. The SMILES string of the molecule is CC(Sc1nnc(-c2ccc3c(c2)OCO3)n1-c1ccccc1)C(=O)NC(N)=O. The van der Waals surface area contributed by atoms with E-state index < -0.39 is 17.2 Å². The van der Waals surface area contributed by atoms with Gasteiger partial charge < -0.3 is 15.2 Å². The number of hydrogen-bond acceptors (Lipinski definition) is 7. The molecule has 3 N–H and O–H groups in total. The van der Waals surface area contributed by atoms with Crippen LogP contribution in [-0.2, 0) is 4.79 Å². The smallest absolute Gasteiger partial charge is 0.318 e. The van der Waals surface area contributed by atoms with Crippen LogP contribution in [0.2, 0.25) is 0 Å². The number of nitrogens with zero attached hydrogens (tertiary/aromatic N) is 3. The maximum Gasteiger partial charge on any atom is 0.318 e. The van der Waals surface area contributed by atoms with E-state index in [1.54, 1.807) is 6.92 Å². The van der Waals surface area contributed by atoms with Gasteiger partial charge in [0.25, 0.3) is 0 Å². The van der Waals surface area contributed by atoms with Crippen molar-refractivity contribution < 1.29 is 19.1 Å². The molecule has 4 rings (SSSR count). The van der Waals surface area contributed by atoms with Gasteiger partial charge in [-0.2, -0.15) is 0 Å². The van der Waals surface area contributed by atoms with Crippen LogP contribution >= 0.6 is 11.8 Å². The summed E-state index contributed by atoms with van der Waals surface area (Å²) in [5.41, 5.74) is 6.65. The van der Waals surface area contributed by atoms with Crippen molar-refractivity contribution >= 4 is 23.7 Å². The van der Waals surface area contributed by atoms with E-state index in [0.29, 0.717) is 22.5 Å². The summed E-state index contributed by atoms with van der Waals surface area (Å²) in [6.07, 6.45) is 0. The number of amides is 3. The summed E-state index contributed by atoms with van der Waals surface area (Å²) < 4.78 is 12.7. The molecular formula is C19H17N5O4S. The Morgan fingerprint density at radius 2 is 1.90 bits per heavy atom. The summed E-state index contributed by atoms with van der Waals surface area (Å²) in [4.78, 5) is 23.1. The molecule has 0 saturated carbocycles. The first-order chi connectivity index (χ1) is 14.0. The lowest BCUT2D eigenvalue weighted by atomic mass is 10.2. The molecular weight excluding hydrogens is 394 g/mol. The Hall–Kier alpha value is -3.53. The fraction of sp³-hybridized carbons (Fsp3) is 0.158. The van der Waals surface area contributed by atoms with E-state index in [9.17, 15) is 9.59 Å². The zero-order valence-corrected chi connectivity index (χ0v) is 16.2. The minimum absolute atomic E-state index is 0.178. The Morgan fingerprint density at radius 1 is 1.14 bits per heavy atom. The van der Waals surface area contributed by atoms with Gasteiger partial charge >= 0.3 is 6.03 Å². The van der Waals surface area contributed by atoms with E-state index in [4.69, 9.17) is 15.2 Å². The van der Waals surface area contributed by atoms with E-state index in [0.717, 1.165) is 11.3 Å². The number of hydrogen-bond donors (Lipinski definition) is 2. The third-order valence-corrected chi connectivity index (χ3v) is 5.22. The van der Waals surface area contributed by atoms with E-state index in [1.807, 2.05) is 53.1 Å². The second-order valence-electron chi connectivity index (χ2n) is 6.16. The predicted molar refractivity (Wildman–Crippen MR) is 106 cm³/mol. The Bertz CT molecular complexity index is 1070. The molecule has 2 heterocycles. The van der Waals surface area contributed by atoms with Crippen molar-refractivity contribution in [2.45, 2.75) is 17.3 Å². The molecule has 0 spiro atoms. The van der Waals surface area contributed by atoms with E-state index >= 15 is 0 Å². The molecule has 1 aliphatic rings. The lowest BCUT2D eigenvalue weighted by molar-refractivity contribution is -0.119. The zero-order valence-electron chi connectivity index (χ0n) is 15.4. The van der Waals surface area contributed by atoms with Crippen LogP contribution in [0.4, 0.5) is 4.79 Å². The fourth-order valence-corrected chi connectivity index (χ4v) is 3.68. The predicted octanol–water partition coefficient (Wildman–Crippen LogP) is 2.34. The second-order valence-corrected chi connectivity index (χ2v) is 7.47. The molecule has 3 amide bonds. The van der Waals surface area contributed by atoms with Gasteiger partial charge in [0.2, 0.25) is 12.7 Å². The molecule has 0 fully saturated rings. The number of rotatable bonds is 5. The lowest BCUT2D eigenvalue weighted by Crippen LogP contribution is -2.39. The minimum Gasteiger partial charge on any atom is -0.454 e. The van der Waals surface area contributed by atoms with Crippen molar-refractivity contribution in [1.82, 2.24) is 20.1 Å². The fourth-order valence-electron chi connectivity index (χ4n) is 2.81. The van der Waals surface area contributed by atoms with Crippen LogP contribution in [0.15, 0.2) is 53.7 Å². The van der Waals surface area contributed by atoms with Crippen LogP contribution in [0, 0.1) is 0 Å². The molecule has 0 bridgehead atoms. The molecule has 29 heavy (non-hydrogen) atoms. The second kappa shape index (κ2) is 7.84. The van der Waals surface area contributed by atoms with Gasteiger partial charge in [0.1, 0.15) is 0 Å². The standard InChI is InChI=1S/C19H17N5O4S/c1-11(17(25)21-18(20)26)29-19-23-22-16(24(19)13-5-3-2-4-6-13)12-7-8-14-15(9-12)28-10-27-14/h2-9,11H,10H2,1H3,(H3,20,21,25,26). The van der Waals surface area contributed by atoms with Crippen molar-refractivity contribution in [2.24, 2.45) is 5.73 Å². The molecule has 1 aromatic heterocycles. The van der Waals surface area contributed by atoms with Crippen LogP contribution in [-0.4, -0.2) is 38.7 Å². The van der Waals surface area contributed by atoms with Gasteiger partial charge in [0.15, 0.2) is 22.5 Å². The first-order valence-corrected chi connectivity index (χ1v) is 9.58. The summed E-state index contributed by atoms with van der Waals surface area (Å²) >= 11 is 1.17. The van der Waals surface area contributed by atoms with Crippen molar-refractivity contribution in [3.8, 4) is 28.6 Å². The highest BCUT2D eigenvalue weighted by molar-refractivity contribution is 8.00. The van der Waals surface area contributed by atoms with Crippen molar-refractivity contribution in [1.29, 1.82) is 0 Å². The Balaban J connectivity index is 1.73. The summed E-state index contributed by atoms with van der Waals surface area (Å²) in [7, 11) is 0. The van der Waals surface area contributed by atoms with E-state index in [2.05, 4.69) is 15.5 Å². The van der Waals surface area contributed by atoms with Crippen LogP contribution in [0.1, 0.15) is 6.92 Å². The summed E-state index contributed by atoms with van der Waals surface area (Å²) in [5, 5.41) is 10.6. The van der Waals surface area contributed by atoms with Gasteiger partial charge in [0.05, 0.1) is 5.25 Å². The molecule has 9 nitrogen and oxygen atoms in total. The number of imide groups is 1. The molecule has 1 atom stereocenters. The van der Waals surface area contributed by atoms with E-state index in [1.165, 1.54) is 11.8 Å². The third-order valence-electron chi connectivity index (χ3n) is 4.18. The molecule has 2 aromatic carbocycles.